The second-order valence-electron chi connectivity index (χ2n) is 5.22. The number of nitrogens with one attached hydrogen (secondary N) is 2. The van der Waals surface area contributed by atoms with Gasteiger partial charge in [0.1, 0.15) is 5.82 Å². The number of aryl methyl sites for hydroxylation is 2. The van der Waals surface area contributed by atoms with Crippen molar-refractivity contribution in [2.45, 2.75) is 13.8 Å². The molecule has 0 bridgehead atoms. The number of aliphatic hydroxyl groups excluding tert-OH is 1. The van der Waals surface area contributed by atoms with E-state index in [1.165, 1.54) is 0 Å². The van der Waals surface area contributed by atoms with Gasteiger partial charge in [-0.05, 0) is 47.0 Å². The highest BCUT2D eigenvalue weighted by Crippen LogP contribution is 2.31. The molecule has 1 aromatic carbocycles. The summed E-state index contributed by atoms with van der Waals surface area (Å²) in [6.07, 6.45) is 1.56. The van der Waals surface area contributed by atoms with Crippen molar-refractivity contribution in [2.75, 3.05) is 18.5 Å². The highest BCUT2D eigenvalue weighted by atomic mass is 79.9. The number of amides is 1. The molecule has 6 nitrogen and oxygen atoms in total. The van der Waals surface area contributed by atoms with Gasteiger partial charge in [-0.3, -0.25) is 9.63 Å². The Hall–Kier alpha value is -2.10. The zero-order valence-corrected chi connectivity index (χ0v) is 15.1. The maximum Gasteiger partial charge on any atom is 0.277 e. The van der Waals surface area contributed by atoms with Gasteiger partial charge in [0, 0.05) is 6.20 Å². The lowest BCUT2D eigenvalue weighted by atomic mass is 10.1. The first-order valence-electron chi connectivity index (χ1n) is 7.26. The number of hydrogen-bond donors (Lipinski definition) is 3. The van der Waals surface area contributed by atoms with Crippen LogP contribution < -0.4 is 10.8 Å². The fourth-order valence-electron chi connectivity index (χ4n) is 2.08. The van der Waals surface area contributed by atoms with E-state index in [-0.39, 0.29) is 34.8 Å². The number of aliphatic hydroxyl groups is 1. The van der Waals surface area contributed by atoms with Gasteiger partial charge < -0.3 is 10.4 Å². The summed E-state index contributed by atoms with van der Waals surface area (Å²) >= 11 is 2.87. The van der Waals surface area contributed by atoms with Crippen LogP contribution in [-0.2, 0) is 4.84 Å². The summed E-state index contributed by atoms with van der Waals surface area (Å²) in [5.74, 6) is -2.89. The number of rotatable bonds is 6. The fourth-order valence-corrected chi connectivity index (χ4v) is 2.48. The van der Waals surface area contributed by atoms with Gasteiger partial charge >= 0.3 is 0 Å². The van der Waals surface area contributed by atoms with Gasteiger partial charge in [0.2, 0.25) is 0 Å². The predicted molar refractivity (Wildman–Crippen MR) is 91.6 cm³/mol. The van der Waals surface area contributed by atoms with Crippen LogP contribution in [-0.4, -0.2) is 29.2 Å². The second-order valence-corrected chi connectivity index (χ2v) is 6.07. The summed E-state index contributed by atoms with van der Waals surface area (Å²) in [7, 11) is 0. The molecule has 1 aromatic heterocycles. The van der Waals surface area contributed by atoms with Crippen LogP contribution in [0.4, 0.5) is 20.3 Å². The summed E-state index contributed by atoms with van der Waals surface area (Å²) in [4.78, 5) is 21.1. The van der Waals surface area contributed by atoms with E-state index in [0.717, 1.165) is 11.6 Å². The minimum atomic E-state index is -1.23. The van der Waals surface area contributed by atoms with Crippen LogP contribution in [0.2, 0.25) is 0 Å². The van der Waals surface area contributed by atoms with E-state index in [1.807, 2.05) is 13.0 Å². The van der Waals surface area contributed by atoms with Crippen molar-refractivity contribution >= 4 is 33.3 Å². The molecule has 0 aliphatic heterocycles. The van der Waals surface area contributed by atoms with E-state index >= 15 is 0 Å². The molecule has 0 fully saturated rings. The fraction of sp³-hybridized carbons (Fsp3) is 0.250. The molecule has 1 amide bonds. The van der Waals surface area contributed by atoms with Crippen LogP contribution in [0.15, 0.2) is 22.8 Å². The lowest BCUT2D eigenvalue weighted by molar-refractivity contribution is 0.0168. The maximum atomic E-state index is 14.4. The molecule has 1 heterocycles. The van der Waals surface area contributed by atoms with E-state index < -0.39 is 17.5 Å². The van der Waals surface area contributed by atoms with Crippen LogP contribution in [0.5, 0.6) is 0 Å². The molecule has 0 spiro atoms. The normalized spacial score (nSPS) is 10.6. The largest absolute Gasteiger partial charge is 0.394 e. The first kappa shape index (κ1) is 19.2. The minimum Gasteiger partial charge on any atom is -0.394 e. The molecule has 9 heteroatoms. The van der Waals surface area contributed by atoms with E-state index in [9.17, 15) is 13.6 Å². The van der Waals surface area contributed by atoms with Gasteiger partial charge in [-0.1, -0.05) is 6.07 Å². The Bertz CT molecular complexity index is 803. The van der Waals surface area contributed by atoms with Gasteiger partial charge in [0.15, 0.2) is 11.6 Å². The van der Waals surface area contributed by atoms with Crippen molar-refractivity contribution in [3.8, 4) is 0 Å². The molecular formula is C16H16BrF2N3O3. The third-order valence-corrected chi connectivity index (χ3v) is 3.80. The first-order chi connectivity index (χ1) is 11.8. The Labute approximate surface area is 151 Å². The molecule has 0 saturated heterocycles. The lowest BCUT2D eigenvalue weighted by Gasteiger charge is -2.15. The quantitative estimate of drug-likeness (QED) is 0.383. The number of benzene rings is 1. The zero-order chi connectivity index (χ0) is 18.6. The molecule has 134 valence electrons. The van der Waals surface area contributed by atoms with Gasteiger partial charge in [0.25, 0.3) is 5.91 Å². The monoisotopic (exact) mass is 415 g/mol. The predicted octanol–water partition coefficient (Wildman–Crippen LogP) is 3.14. The Morgan fingerprint density at radius 2 is 2.04 bits per heavy atom. The summed E-state index contributed by atoms with van der Waals surface area (Å²) in [6, 6.07) is 2.94. The molecule has 0 atom stereocenters. The average Bonchev–Trinajstić information content (AvgIpc) is 2.57. The molecule has 0 unspecified atom stereocenters. The maximum absolute atomic E-state index is 14.4. The van der Waals surface area contributed by atoms with Gasteiger partial charge in [-0.15, -0.1) is 0 Å². The van der Waals surface area contributed by atoms with Crippen LogP contribution in [0.3, 0.4) is 0 Å². The molecule has 0 radical (unpaired) electrons. The summed E-state index contributed by atoms with van der Waals surface area (Å²) in [5.41, 5.74) is 3.10. The Balaban J connectivity index is 2.44. The van der Waals surface area contributed by atoms with Crippen molar-refractivity contribution in [1.29, 1.82) is 0 Å². The third-order valence-electron chi connectivity index (χ3n) is 3.22. The number of aromatic nitrogens is 1. The Morgan fingerprint density at radius 3 is 2.68 bits per heavy atom. The Morgan fingerprint density at radius 1 is 1.32 bits per heavy atom. The number of hydroxylamine groups is 1. The molecule has 25 heavy (non-hydrogen) atoms. The number of hydrogen-bond acceptors (Lipinski definition) is 5. The van der Waals surface area contributed by atoms with Crippen LogP contribution >= 0.6 is 15.9 Å². The number of anilines is 2. The zero-order valence-electron chi connectivity index (χ0n) is 13.5. The molecule has 0 saturated carbocycles. The number of halogens is 3. The highest BCUT2D eigenvalue weighted by Gasteiger charge is 2.23. The van der Waals surface area contributed by atoms with E-state index in [4.69, 9.17) is 9.94 Å². The molecule has 3 N–H and O–H groups in total. The molecule has 2 aromatic rings. The molecule has 0 aliphatic rings. The van der Waals surface area contributed by atoms with E-state index in [1.54, 1.807) is 13.1 Å². The second kappa shape index (κ2) is 8.32. The van der Waals surface area contributed by atoms with Crippen molar-refractivity contribution < 1.29 is 23.5 Å². The minimum absolute atomic E-state index is 0.141. The SMILES string of the molecule is Cc1cnc(Nc2c(C(=O)NOCCO)cc(Br)c(F)c2F)c(C)c1. The number of pyridine rings is 1. The summed E-state index contributed by atoms with van der Waals surface area (Å²) in [5, 5.41) is 11.3. The van der Waals surface area contributed by atoms with Crippen LogP contribution in [0.25, 0.3) is 0 Å². The molecular weight excluding hydrogens is 400 g/mol. The first-order valence-corrected chi connectivity index (χ1v) is 8.05. The number of carbonyl (C=O) groups excluding carboxylic acids is 1. The summed E-state index contributed by atoms with van der Waals surface area (Å²) < 4.78 is 28.1. The standard InChI is InChI=1S/C16H16BrF2N3O3/c1-8-5-9(2)15(20-7-8)21-14-10(16(24)22-25-4-3-23)6-11(17)12(18)13(14)19/h5-7,23H,3-4H2,1-2H3,(H,20,21)(H,22,24). The van der Waals surface area contributed by atoms with Gasteiger partial charge in [-0.2, -0.15) is 0 Å². The van der Waals surface area contributed by atoms with Gasteiger partial charge in [-0.25, -0.2) is 19.2 Å². The smallest absolute Gasteiger partial charge is 0.277 e. The highest BCUT2D eigenvalue weighted by molar-refractivity contribution is 9.10. The third kappa shape index (κ3) is 4.50. The van der Waals surface area contributed by atoms with Crippen molar-refractivity contribution in [3.05, 3.63) is 51.1 Å². The topological polar surface area (TPSA) is 83.5 Å². The van der Waals surface area contributed by atoms with E-state index in [2.05, 4.69) is 31.7 Å². The molecule has 0 aliphatic carbocycles. The molecule has 2 rings (SSSR count). The average molecular weight is 416 g/mol. The number of nitrogens with zero attached hydrogens (tertiary/aromatic N) is 1. The van der Waals surface area contributed by atoms with Crippen molar-refractivity contribution in [2.24, 2.45) is 0 Å². The number of carbonyl (C=O) groups is 1. The Kier molecular flexibility index (Phi) is 6.40. The van der Waals surface area contributed by atoms with Gasteiger partial charge in [0.05, 0.1) is 28.9 Å². The van der Waals surface area contributed by atoms with E-state index in [0.29, 0.717) is 5.56 Å². The van der Waals surface area contributed by atoms with Crippen LogP contribution in [0, 0.1) is 25.5 Å². The van der Waals surface area contributed by atoms with Crippen molar-refractivity contribution in [3.63, 3.8) is 0 Å². The van der Waals surface area contributed by atoms with Crippen molar-refractivity contribution in [1.82, 2.24) is 10.5 Å². The lowest BCUT2D eigenvalue weighted by Crippen LogP contribution is -2.26. The van der Waals surface area contributed by atoms with Crippen LogP contribution in [0.1, 0.15) is 21.5 Å². The summed E-state index contributed by atoms with van der Waals surface area (Å²) in [6.45, 7) is 3.15.